The van der Waals surface area contributed by atoms with E-state index in [9.17, 15) is 0 Å². The monoisotopic (exact) mass is 342 g/mol. The first-order valence-electron chi connectivity index (χ1n) is 0. The number of rotatable bonds is 0. The topological polar surface area (TPSA) is 0 Å². The van der Waals surface area contributed by atoms with Gasteiger partial charge in [-0.2, -0.15) is 13.5 Å². The van der Waals surface area contributed by atoms with E-state index in [4.69, 9.17) is 0 Å². The third kappa shape index (κ3) is 8.82. The van der Waals surface area contributed by atoms with Crippen molar-refractivity contribution in [3.63, 3.8) is 0 Å². The van der Waals surface area contributed by atoms with Crippen LogP contribution in [0.15, 0.2) is 0 Å². The molecule has 0 atom stereocenters. The van der Waals surface area contributed by atoms with Gasteiger partial charge in [0.2, 0.25) is 0 Å². The average molecular weight is 339 g/mol. The predicted octanol–water partition coefficient (Wildman–Crippen LogP) is -0.273. The zero-order valence-corrected chi connectivity index (χ0v) is 12.7. The minimum Gasteiger partial charge on any atom is -0.197 e. The van der Waals surface area contributed by atoms with Crippen LogP contribution in [0.5, 0.6) is 0 Å². The largest absolute Gasteiger partial charge is 0.197 e. The van der Waals surface area contributed by atoms with Crippen molar-refractivity contribution in [2.75, 3.05) is 0 Å². The Morgan fingerprint density at radius 1 is 1.00 bits per heavy atom. The van der Waals surface area contributed by atoms with Crippen LogP contribution in [-0.4, -0.2) is 23.7 Å². The molecule has 0 nitrogen and oxygen atoms in total. The summed E-state index contributed by atoms with van der Waals surface area (Å²) in [6.07, 6.45) is 0. The molecule has 18 valence electrons. The maximum Gasteiger partial charge on any atom is 0 e. The molecule has 0 aromatic heterocycles. The van der Waals surface area contributed by atoms with Gasteiger partial charge >= 0.3 is 0 Å². The molecule has 0 aromatic rings. The van der Waals surface area contributed by atoms with E-state index >= 15 is 0 Å². The van der Waals surface area contributed by atoms with Gasteiger partial charge < -0.3 is 0 Å². The van der Waals surface area contributed by atoms with Gasteiger partial charge in [0.15, 0.2) is 0 Å². The Kier molecular flexibility index (Phi) is 130. The SMILES string of the molecule is S.[Cd].[Te].[Zn]. The van der Waals surface area contributed by atoms with E-state index in [1.807, 2.05) is 0 Å². The van der Waals surface area contributed by atoms with E-state index in [-0.39, 0.29) is 83.9 Å². The summed E-state index contributed by atoms with van der Waals surface area (Å²) in [7, 11) is 0. The van der Waals surface area contributed by atoms with Gasteiger partial charge in [-0.1, -0.05) is 0 Å². The molecule has 0 saturated heterocycles. The van der Waals surface area contributed by atoms with Crippen LogP contribution in [-0.2, 0) is 46.8 Å². The fraction of sp³-hybridized carbons (Fsp3) is 0. The van der Waals surface area contributed by atoms with Gasteiger partial charge in [0.25, 0.3) is 0 Å². The molecule has 4 heteroatoms. The molecule has 0 bridgehead atoms. The summed E-state index contributed by atoms with van der Waals surface area (Å²) in [6.45, 7) is 0. The zero-order valence-electron chi connectivity index (χ0n) is 2.32. The zero-order chi connectivity index (χ0) is 0. The second-order valence-corrected chi connectivity index (χ2v) is 0. The van der Waals surface area contributed by atoms with Crippen LogP contribution >= 0.6 is 13.5 Å². The molecular weight excluding hydrogens is 337 g/mol. The van der Waals surface area contributed by atoms with Crippen LogP contribution in [0.2, 0.25) is 0 Å². The van der Waals surface area contributed by atoms with Crippen molar-refractivity contribution in [1.82, 2.24) is 0 Å². The van der Waals surface area contributed by atoms with Crippen molar-refractivity contribution in [2.45, 2.75) is 0 Å². The smallest absolute Gasteiger partial charge is 0 e. The van der Waals surface area contributed by atoms with E-state index in [1.165, 1.54) is 0 Å². The van der Waals surface area contributed by atoms with E-state index in [0.717, 1.165) is 0 Å². The molecule has 0 aliphatic carbocycles. The van der Waals surface area contributed by atoms with Crippen LogP contribution < -0.4 is 0 Å². The standard InChI is InChI=1S/Cd.H2S.Te.Zn/h;1H2;;. The second kappa shape index (κ2) is 17.3. The summed E-state index contributed by atoms with van der Waals surface area (Å²) in [4.78, 5) is 0. The molecule has 0 rings (SSSR count). The minimum atomic E-state index is 0. The first-order valence-corrected chi connectivity index (χ1v) is 0. The Hall–Kier alpha value is 2.69. The third-order valence-corrected chi connectivity index (χ3v) is 0. The molecule has 0 saturated carbocycles. The van der Waals surface area contributed by atoms with Gasteiger partial charge in [-0.15, -0.1) is 0 Å². The summed E-state index contributed by atoms with van der Waals surface area (Å²) in [5.41, 5.74) is 0. The summed E-state index contributed by atoms with van der Waals surface area (Å²) in [6, 6.07) is 0. The Morgan fingerprint density at radius 2 is 1.00 bits per heavy atom. The van der Waals surface area contributed by atoms with E-state index in [2.05, 4.69) is 0 Å². The molecule has 0 unspecified atom stereocenters. The Labute approximate surface area is 82.6 Å². The maximum absolute atomic E-state index is 0. The summed E-state index contributed by atoms with van der Waals surface area (Å²) in [5.74, 6) is 0. The second-order valence-electron chi connectivity index (χ2n) is 0. The van der Waals surface area contributed by atoms with Crippen LogP contribution in [0, 0.1) is 0 Å². The van der Waals surface area contributed by atoms with Crippen LogP contribution in [0.4, 0.5) is 0 Å². The molecule has 0 aliphatic rings. The summed E-state index contributed by atoms with van der Waals surface area (Å²) >= 11 is 0. The Morgan fingerprint density at radius 3 is 1.00 bits per heavy atom. The first kappa shape index (κ1) is 30.0. The van der Waals surface area contributed by atoms with Gasteiger partial charge in [-0.3, -0.25) is 0 Å². The molecular formula is H2CdSTeZn. The Bertz CT molecular complexity index is 8.00. The molecule has 0 aromatic carbocycles. The summed E-state index contributed by atoms with van der Waals surface area (Å²) < 4.78 is 0. The number of hydrogen-bond acceptors (Lipinski definition) is 0. The van der Waals surface area contributed by atoms with Crippen LogP contribution in [0.3, 0.4) is 0 Å². The maximum atomic E-state index is 0. The van der Waals surface area contributed by atoms with E-state index in [1.54, 1.807) is 0 Å². The molecule has 0 heterocycles. The van der Waals surface area contributed by atoms with Gasteiger partial charge in [0.1, 0.15) is 0 Å². The fourth-order valence-corrected chi connectivity index (χ4v) is 0. The van der Waals surface area contributed by atoms with Gasteiger partial charge in [0.05, 0.1) is 0 Å². The van der Waals surface area contributed by atoms with Gasteiger partial charge in [-0.05, 0) is 0 Å². The van der Waals surface area contributed by atoms with Crippen molar-refractivity contribution < 1.29 is 46.8 Å². The molecule has 0 aliphatic heterocycles. The van der Waals surface area contributed by atoms with Crippen molar-refractivity contribution in [3.05, 3.63) is 0 Å². The third-order valence-electron chi connectivity index (χ3n) is 0. The normalized spacial score (nSPS) is 0. The van der Waals surface area contributed by atoms with Crippen molar-refractivity contribution in [2.24, 2.45) is 0 Å². The quantitative estimate of drug-likeness (QED) is 0.533. The van der Waals surface area contributed by atoms with E-state index < -0.39 is 0 Å². The fourth-order valence-electron chi connectivity index (χ4n) is 0. The van der Waals surface area contributed by atoms with Crippen LogP contribution in [0.25, 0.3) is 0 Å². The molecule has 0 fully saturated rings. The number of hydrogen-bond donors (Lipinski definition) is 0. The van der Waals surface area contributed by atoms with E-state index in [0.29, 0.717) is 0 Å². The predicted molar refractivity (Wildman–Crippen MR) is 16.1 cm³/mol. The summed E-state index contributed by atoms with van der Waals surface area (Å²) in [5, 5.41) is 0. The molecule has 2 radical (unpaired) electrons. The molecule has 4 heavy (non-hydrogen) atoms. The molecule has 0 N–H and O–H groups in total. The first-order chi connectivity index (χ1) is 0. The van der Waals surface area contributed by atoms with Gasteiger partial charge in [0, 0.05) is 70.4 Å². The van der Waals surface area contributed by atoms with Crippen molar-refractivity contribution >= 4 is 37.2 Å². The van der Waals surface area contributed by atoms with Crippen molar-refractivity contribution in [1.29, 1.82) is 0 Å². The minimum absolute atomic E-state index is 0. The molecule has 0 spiro atoms. The van der Waals surface area contributed by atoms with Gasteiger partial charge in [-0.25, -0.2) is 0 Å². The van der Waals surface area contributed by atoms with Crippen LogP contribution in [0.1, 0.15) is 0 Å². The molecule has 0 amide bonds. The Balaban J connectivity index is 0. The average Bonchev–Trinajstić information content (AvgIpc) is 0. The van der Waals surface area contributed by atoms with Crippen molar-refractivity contribution in [3.8, 4) is 0 Å².